The van der Waals surface area contributed by atoms with Crippen LogP contribution in [0, 0.1) is 6.92 Å². The van der Waals surface area contributed by atoms with Crippen LogP contribution in [-0.4, -0.2) is 61.6 Å². The smallest absolute Gasteiger partial charge is 0.267 e. The third-order valence-corrected chi connectivity index (χ3v) is 6.10. The topological polar surface area (TPSA) is 88.3 Å². The van der Waals surface area contributed by atoms with Crippen molar-refractivity contribution in [2.24, 2.45) is 0 Å². The number of hydrogen-bond acceptors (Lipinski definition) is 8. The van der Waals surface area contributed by atoms with Crippen LogP contribution < -0.4 is 0 Å². The highest BCUT2D eigenvalue weighted by Gasteiger charge is 2.29. The summed E-state index contributed by atoms with van der Waals surface area (Å²) in [5.74, 6) is 1.23. The Morgan fingerprint density at radius 1 is 1.21 bits per heavy atom. The lowest BCUT2D eigenvalue weighted by Crippen LogP contribution is -2.49. The zero-order chi connectivity index (χ0) is 20.4. The summed E-state index contributed by atoms with van der Waals surface area (Å²) in [6.45, 7) is 8.92. The van der Waals surface area contributed by atoms with Crippen LogP contribution in [0.5, 0.6) is 0 Å². The predicted octanol–water partition coefficient (Wildman–Crippen LogP) is 2.98. The van der Waals surface area contributed by atoms with E-state index in [9.17, 15) is 4.79 Å². The van der Waals surface area contributed by atoms with Crippen molar-refractivity contribution in [3.8, 4) is 11.4 Å². The molecule has 0 aliphatic carbocycles. The van der Waals surface area contributed by atoms with Crippen molar-refractivity contribution in [1.29, 1.82) is 0 Å². The van der Waals surface area contributed by atoms with Crippen LogP contribution in [0.2, 0.25) is 0 Å². The van der Waals surface area contributed by atoms with Crippen LogP contribution in [-0.2, 0) is 6.42 Å². The van der Waals surface area contributed by atoms with E-state index >= 15 is 0 Å². The van der Waals surface area contributed by atoms with E-state index in [2.05, 4.69) is 31.6 Å². The van der Waals surface area contributed by atoms with E-state index in [1.54, 1.807) is 0 Å². The second-order valence-corrected chi connectivity index (χ2v) is 7.98. The van der Waals surface area contributed by atoms with E-state index < -0.39 is 0 Å². The Morgan fingerprint density at radius 2 is 1.93 bits per heavy atom. The summed E-state index contributed by atoms with van der Waals surface area (Å²) in [6.07, 6.45) is 0.717. The fraction of sp³-hybridized carbons (Fsp3) is 0.450. The predicted molar refractivity (Wildman–Crippen MR) is 110 cm³/mol. The van der Waals surface area contributed by atoms with Gasteiger partial charge in [-0.2, -0.15) is 4.98 Å². The minimum Gasteiger partial charge on any atom is -0.337 e. The van der Waals surface area contributed by atoms with Gasteiger partial charge in [0, 0.05) is 31.7 Å². The average Bonchev–Trinajstić information content (AvgIpc) is 3.43. The number of hydrogen-bond donors (Lipinski definition) is 0. The molecule has 0 spiro atoms. The van der Waals surface area contributed by atoms with Crippen molar-refractivity contribution in [2.45, 2.75) is 33.2 Å². The zero-order valence-electron chi connectivity index (χ0n) is 16.8. The Labute approximate surface area is 173 Å². The first-order chi connectivity index (χ1) is 14.1. The summed E-state index contributed by atoms with van der Waals surface area (Å²) in [7, 11) is 0. The Hall–Kier alpha value is -2.65. The molecule has 1 unspecified atom stereocenters. The van der Waals surface area contributed by atoms with Gasteiger partial charge in [0.25, 0.3) is 5.91 Å². The Bertz CT molecular complexity index is 975. The molecule has 1 aliphatic rings. The molecule has 0 radical (unpaired) electrons. The van der Waals surface area contributed by atoms with Crippen LogP contribution in [0.15, 0.2) is 28.8 Å². The third kappa shape index (κ3) is 4.06. The lowest BCUT2D eigenvalue weighted by molar-refractivity contribution is 0.0555. The van der Waals surface area contributed by atoms with Crippen LogP contribution >= 0.6 is 11.5 Å². The molecule has 0 bridgehead atoms. The Morgan fingerprint density at radius 3 is 2.62 bits per heavy atom. The van der Waals surface area contributed by atoms with E-state index in [4.69, 9.17) is 4.52 Å². The first-order valence-electron chi connectivity index (χ1n) is 9.82. The lowest BCUT2D eigenvalue weighted by atomic mass is 10.1. The van der Waals surface area contributed by atoms with Crippen LogP contribution in [0.1, 0.15) is 46.7 Å². The van der Waals surface area contributed by atoms with Gasteiger partial charge in [0.1, 0.15) is 4.88 Å². The molecule has 29 heavy (non-hydrogen) atoms. The van der Waals surface area contributed by atoms with Crippen LogP contribution in [0.25, 0.3) is 11.4 Å². The number of amides is 1. The highest BCUT2D eigenvalue weighted by atomic mass is 32.1. The van der Waals surface area contributed by atoms with Crippen LogP contribution in [0.4, 0.5) is 0 Å². The maximum Gasteiger partial charge on any atom is 0.267 e. The van der Waals surface area contributed by atoms with Gasteiger partial charge in [-0.3, -0.25) is 9.69 Å². The monoisotopic (exact) mass is 412 g/mol. The van der Waals surface area contributed by atoms with Gasteiger partial charge in [-0.1, -0.05) is 46.4 Å². The molecule has 8 nitrogen and oxygen atoms in total. The quantitative estimate of drug-likeness (QED) is 0.636. The molecule has 1 amide bonds. The molecular weight excluding hydrogens is 388 g/mol. The minimum absolute atomic E-state index is 0.00442. The van der Waals surface area contributed by atoms with Gasteiger partial charge < -0.3 is 9.42 Å². The molecule has 2 aromatic heterocycles. The van der Waals surface area contributed by atoms with Crippen LogP contribution in [0.3, 0.4) is 0 Å². The molecule has 0 N–H and O–H groups in total. The van der Waals surface area contributed by atoms with Gasteiger partial charge in [0.2, 0.25) is 11.7 Å². The van der Waals surface area contributed by atoms with Gasteiger partial charge >= 0.3 is 0 Å². The summed E-state index contributed by atoms with van der Waals surface area (Å²) in [5.41, 5.74) is 2.92. The second-order valence-electron chi connectivity index (χ2n) is 7.23. The molecule has 9 heteroatoms. The van der Waals surface area contributed by atoms with Gasteiger partial charge in [-0.15, -0.1) is 5.10 Å². The van der Waals surface area contributed by atoms with E-state index in [-0.39, 0.29) is 11.9 Å². The van der Waals surface area contributed by atoms with Gasteiger partial charge in [-0.25, -0.2) is 0 Å². The molecule has 0 saturated carbocycles. The lowest BCUT2D eigenvalue weighted by Gasteiger charge is -2.36. The largest absolute Gasteiger partial charge is 0.337 e. The van der Waals surface area contributed by atoms with E-state index in [1.807, 2.05) is 43.0 Å². The molecule has 1 aliphatic heterocycles. The minimum atomic E-state index is -0.00442. The van der Waals surface area contributed by atoms with Crippen molar-refractivity contribution in [1.82, 2.24) is 29.5 Å². The maximum atomic E-state index is 12.8. The van der Waals surface area contributed by atoms with Crippen molar-refractivity contribution >= 4 is 17.4 Å². The van der Waals surface area contributed by atoms with Gasteiger partial charge in [0.05, 0.1) is 11.7 Å². The molecule has 1 atom stereocenters. The number of carbonyl (C=O) groups is 1. The first kappa shape index (κ1) is 19.7. The maximum absolute atomic E-state index is 12.8. The third-order valence-electron chi connectivity index (χ3n) is 5.34. The summed E-state index contributed by atoms with van der Waals surface area (Å²) in [5, 5.41) is 8.19. The van der Waals surface area contributed by atoms with Gasteiger partial charge in [-0.05, 0) is 31.8 Å². The summed E-state index contributed by atoms with van der Waals surface area (Å²) < 4.78 is 9.46. The Kier molecular flexibility index (Phi) is 5.68. The van der Waals surface area contributed by atoms with Crippen molar-refractivity contribution in [2.75, 3.05) is 26.2 Å². The SMILES string of the molecule is CCc1nnsc1C(=O)N1CCN(C(C)c2nc(-c3ccc(C)cc3)no2)CC1. The highest BCUT2D eigenvalue weighted by molar-refractivity contribution is 7.08. The van der Waals surface area contributed by atoms with E-state index in [0.29, 0.717) is 29.7 Å². The van der Waals surface area contributed by atoms with E-state index in [0.717, 1.165) is 30.8 Å². The molecule has 3 aromatic rings. The Balaban J connectivity index is 1.38. The number of rotatable bonds is 5. The second kappa shape index (κ2) is 8.38. The summed E-state index contributed by atoms with van der Waals surface area (Å²) in [6, 6.07) is 8.06. The van der Waals surface area contributed by atoms with Crippen molar-refractivity contribution in [3.05, 3.63) is 46.3 Å². The molecule has 1 fully saturated rings. The fourth-order valence-corrected chi connectivity index (χ4v) is 4.16. The fourth-order valence-electron chi connectivity index (χ4n) is 3.44. The molecular formula is C20H24N6O2S. The number of piperazine rings is 1. The molecule has 1 aromatic carbocycles. The summed E-state index contributed by atoms with van der Waals surface area (Å²) >= 11 is 1.18. The van der Waals surface area contributed by atoms with E-state index in [1.165, 1.54) is 17.1 Å². The van der Waals surface area contributed by atoms with Gasteiger partial charge in [0.15, 0.2) is 0 Å². The highest BCUT2D eigenvalue weighted by Crippen LogP contribution is 2.24. The van der Waals surface area contributed by atoms with Crippen molar-refractivity contribution < 1.29 is 9.32 Å². The number of aromatic nitrogens is 4. The van der Waals surface area contributed by atoms with Crippen molar-refractivity contribution in [3.63, 3.8) is 0 Å². The molecule has 152 valence electrons. The zero-order valence-corrected chi connectivity index (χ0v) is 17.6. The standard InChI is InChI=1S/C20H24N6O2S/c1-4-16-17(29-24-22-16)20(27)26-11-9-25(10-12-26)14(3)19-21-18(23-28-19)15-7-5-13(2)6-8-15/h5-8,14H,4,9-12H2,1-3H3. The molecule has 3 heterocycles. The normalized spacial score (nSPS) is 16.2. The number of nitrogens with zero attached hydrogens (tertiary/aromatic N) is 6. The number of benzene rings is 1. The summed E-state index contributed by atoms with van der Waals surface area (Å²) in [4.78, 5) is 22.2. The number of carbonyl (C=O) groups excluding carboxylic acids is 1. The molecule has 4 rings (SSSR count). The number of aryl methyl sites for hydroxylation is 2. The first-order valence-corrected chi connectivity index (χ1v) is 10.6. The average molecular weight is 413 g/mol. The molecule has 1 saturated heterocycles.